The molecule has 1 amide bonds. The van der Waals surface area contributed by atoms with E-state index in [1.807, 2.05) is 48.8 Å². The van der Waals surface area contributed by atoms with Crippen molar-refractivity contribution in [3.05, 3.63) is 84.5 Å². The van der Waals surface area contributed by atoms with E-state index in [1.54, 1.807) is 12.1 Å². The molecular formula is C34H48BrFN2O2. The van der Waals surface area contributed by atoms with E-state index in [9.17, 15) is 9.18 Å². The molecule has 0 saturated carbocycles. The lowest BCUT2D eigenvalue weighted by atomic mass is 9.90. The number of aromatic nitrogens is 1. The Morgan fingerprint density at radius 3 is 2.17 bits per heavy atom. The Labute approximate surface area is 251 Å². The Balaban J connectivity index is 0.00000560. The van der Waals surface area contributed by atoms with E-state index in [0.29, 0.717) is 25.1 Å². The van der Waals surface area contributed by atoms with Crippen LogP contribution in [0.15, 0.2) is 73.1 Å². The van der Waals surface area contributed by atoms with Crippen LogP contribution < -0.4 is 31.6 Å². The number of hydrogen-bond donors (Lipinski definition) is 1. The molecule has 2 aromatic rings. The molecule has 1 aliphatic rings. The number of halogens is 2. The Bertz CT molecular complexity index is 1040. The number of nitrogens with zero attached hydrogens (tertiary/aromatic N) is 1. The van der Waals surface area contributed by atoms with Crippen LogP contribution in [-0.4, -0.2) is 18.1 Å². The maximum absolute atomic E-state index is 14.7. The van der Waals surface area contributed by atoms with Crippen molar-refractivity contribution in [1.29, 1.82) is 0 Å². The van der Waals surface area contributed by atoms with Crippen molar-refractivity contribution in [1.82, 2.24) is 5.32 Å². The van der Waals surface area contributed by atoms with Crippen molar-refractivity contribution in [3.63, 3.8) is 0 Å². The normalized spacial score (nSPS) is 15.9. The molecule has 0 aliphatic heterocycles. The highest BCUT2D eigenvalue weighted by Crippen LogP contribution is 2.21. The van der Waals surface area contributed by atoms with E-state index in [0.717, 1.165) is 12.8 Å². The summed E-state index contributed by atoms with van der Waals surface area (Å²) in [7, 11) is 0. The van der Waals surface area contributed by atoms with Crippen LogP contribution >= 0.6 is 0 Å². The predicted octanol–water partition coefficient (Wildman–Crippen LogP) is 4.81. The molecule has 1 aromatic heterocycles. The number of benzene rings is 1. The molecule has 0 saturated heterocycles. The summed E-state index contributed by atoms with van der Waals surface area (Å²) in [5, 5.41) is 3.19. The summed E-state index contributed by atoms with van der Waals surface area (Å²) in [6, 6.07) is 10.8. The predicted molar refractivity (Wildman–Crippen MR) is 157 cm³/mol. The summed E-state index contributed by atoms with van der Waals surface area (Å²) < 4.78 is 22.4. The largest absolute Gasteiger partial charge is 1.00 e. The Morgan fingerprint density at radius 1 is 0.925 bits per heavy atom. The summed E-state index contributed by atoms with van der Waals surface area (Å²) in [6.07, 6.45) is 28.3. The standard InChI is InChI=1S/C34H47FN2O2.BrH/c1-2-3-4-5-6-7-8-9-10-11-12-19-26-39-32-21-20-30(27-31(32)35)28-33(38)36-34(22-15-13-16-23-34)29-37-24-17-14-18-25-37;/h13-18,20-22,24-25,27H,2-12,19,23,26,28-29H2,1H3;1H. The molecule has 0 fully saturated rings. The molecule has 220 valence electrons. The fraction of sp³-hybridized carbons (Fsp3) is 0.529. The van der Waals surface area contributed by atoms with E-state index >= 15 is 0 Å². The molecule has 1 atom stereocenters. The van der Waals surface area contributed by atoms with Crippen LogP contribution in [0.25, 0.3) is 0 Å². The highest BCUT2D eigenvalue weighted by atomic mass is 79.9. The number of hydrogen-bond acceptors (Lipinski definition) is 2. The van der Waals surface area contributed by atoms with Gasteiger partial charge in [0.25, 0.3) is 0 Å². The van der Waals surface area contributed by atoms with Crippen LogP contribution in [-0.2, 0) is 17.8 Å². The van der Waals surface area contributed by atoms with E-state index in [1.165, 1.54) is 70.3 Å². The Kier molecular flexibility index (Phi) is 16.5. The fourth-order valence-corrected chi connectivity index (χ4v) is 5.18. The van der Waals surface area contributed by atoms with E-state index in [4.69, 9.17) is 4.74 Å². The molecule has 1 N–H and O–H groups in total. The van der Waals surface area contributed by atoms with Gasteiger partial charge in [0.2, 0.25) is 5.91 Å². The fourth-order valence-electron chi connectivity index (χ4n) is 5.18. The van der Waals surface area contributed by atoms with Crippen LogP contribution in [0.4, 0.5) is 4.39 Å². The summed E-state index contributed by atoms with van der Waals surface area (Å²) in [6.45, 7) is 3.41. The van der Waals surface area contributed by atoms with Gasteiger partial charge in [-0.05, 0) is 30.5 Å². The molecule has 4 nitrogen and oxygen atoms in total. The van der Waals surface area contributed by atoms with Crippen LogP contribution in [0.3, 0.4) is 0 Å². The molecule has 40 heavy (non-hydrogen) atoms. The first kappa shape index (κ1) is 33.7. The topological polar surface area (TPSA) is 42.2 Å². The Hall–Kier alpha value is -2.47. The van der Waals surface area contributed by atoms with Crippen molar-refractivity contribution in [2.75, 3.05) is 6.61 Å². The van der Waals surface area contributed by atoms with Gasteiger partial charge >= 0.3 is 0 Å². The maximum atomic E-state index is 14.7. The first-order chi connectivity index (χ1) is 19.1. The molecule has 1 unspecified atom stereocenters. The zero-order valence-electron chi connectivity index (χ0n) is 24.3. The van der Waals surface area contributed by atoms with Crippen LogP contribution in [0.2, 0.25) is 0 Å². The number of ether oxygens (including phenoxy) is 1. The smallest absolute Gasteiger partial charge is 0.225 e. The SMILES string of the molecule is CCCCCCCCCCCCCCOc1ccc(CC(=O)NC2(C[n+]3ccccc3)C=CC=CC2)cc1F.[Br-]. The van der Waals surface area contributed by atoms with E-state index in [2.05, 4.69) is 22.9 Å². The highest BCUT2D eigenvalue weighted by Gasteiger charge is 2.33. The molecule has 6 heteroatoms. The van der Waals surface area contributed by atoms with Crippen molar-refractivity contribution in [3.8, 4) is 5.75 Å². The number of rotatable bonds is 19. The van der Waals surface area contributed by atoms with Crippen molar-refractivity contribution >= 4 is 5.91 Å². The van der Waals surface area contributed by atoms with Gasteiger partial charge in [0.15, 0.2) is 30.5 Å². The second-order valence-electron chi connectivity index (χ2n) is 10.9. The monoisotopic (exact) mass is 614 g/mol. The first-order valence-electron chi connectivity index (χ1n) is 15.1. The number of carbonyl (C=O) groups excluding carboxylic acids is 1. The third kappa shape index (κ3) is 12.8. The molecule has 0 spiro atoms. The van der Waals surface area contributed by atoms with Gasteiger partial charge in [-0.3, -0.25) is 4.79 Å². The molecule has 3 rings (SSSR count). The van der Waals surface area contributed by atoms with Gasteiger partial charge in [-0.25, -0.2) is 8.96 Å². The van der Waals surface area contributed by atoms with Gasteiger partial charge in [0, 0.05) is 12.1 Å². The molecular weight excluding hydrogens is 567 g/mol. The van der Waals surface area contributed by atoms with Gasteiger partial charge in [-0.1, -0.05) is 114 Å². The number of allylic oxidation sites excluding steroid dienone is 2. The maximum Gasteiger partial charge on any atom is 0.225 e. The average molecular weight is 616 g/mol. The minimum Gasteiger partial charge on any atom is -1.00 e. The van der Waals surface area contributed by atoms with Gasteiger partial charge in [-0.2, -0.15) is 0 Å². The van der Waals surface area contributed by atoms with Crippen molar-refractivity contribution in [2.45, 2.75) is 109 Å². The van der Waals surface area contributed by atoms with Crippen LogP contribution in [0.5, 0.6) is 5.75 Å². The summed E-state index contributed by atoms with van der Waals surface area (Å²) >= 11 is 0. The van der Waals surface area contributed by atoms with E-state index in [-0.39, 0.29) is 35.1 Å². The molecule has 0 radical (unpaired) electrons. The Morgan fingerprint density at radius 2 is 1.57 bits per heavy atom. The van der Waals surface area contributed by atoms with Crippen LogP contribution in [0, 0.1) is 5.82 Å². The van der Waals surface area contributed by atoms with E-state index < -0.39 is 11.4 Å². The molecule has 1 aromatic carbocycles. The summed E-state index contributed by atoms with van der Waals surface area (Å²) in [5.74, 6) is -0.273. The number of amides is 1. The third-order valence-electron chi connectivity index (χ3n) is 7.39. The van der Waals surface area contributed by atoms with Gasteiger partial charge in [-0.15, -0.1) is 0 Å². The second kappa shape index (κ2) is 19.6. The average Bonchev–Trinajstić information content (AvgIpc) is 2.93. The number of pyridine rings is 1. The molecule has 0 bridgehead atoms. The number of unbranched alkanes of at least 4 members (excludes halogenated alkanes) is 11. The summed E-state index contributed by atoms with van der Waals surface area (Å²) in [4.78, 5) is 12.9. The molecule has 1 aliphatic carbocycles. The van der Waals surface area contributed by atoms with Crippen molar-refractivity contribution in [2.24, 2.45) is 0 Å². The molecule has 1 heterocycles. The van der Waals surface area contributed by atoms with Crippen LogP contribution in [0.1, 0.15) is 96.0 Å². The number of nitrogens with one attached hydrogen (secondary N) is 1. The minimum atomic E-state index is -0.506. The van der Waals surface area contributed by atoms with Crippen molar-refractivity contribution < 1.29 is 35.5 Å². The van der Waals surface area contributed by atoms with Gasteiger partial charge in [0.05, 0.1) is 13.0 Å². The number of carbonyl (C=O) groups is 1. The summed E-state index contributed by atoms with van der Waals surface area (Å²) in [5.41, 5.74) is 0.133. The zero-order valence-corrected chi connectivity index (χ0v) is 25.8. The first-order valence-corrected chi connectivity index (χ1v) is 15.1. The lowest BCUT2D eigenvalue weighted by Crippen LogP contribution is -3.00. The second-order valence-corrected chi connectivity index (χ2v) is 10.9. The van der Waals surface area contributed by atoms with Gasteiger partial charge in [0.1, 0.15) is 5.54 Å². The zero-order chi connectivity index (χ0) is 27.6. The lowest BCUT2D eigenvalue weighted by Gasteiger charge is -2.29. The minimum absolute atomic E-state index is 0. The quantitative estimate of drug-likeness (QED) is 0.182. The van der Waals surface area contributed by atoms with Gasteiger partial charge < -0.3 is 27.0 Å². The highest BCUT2D eigenvalue weighted by molar-refractivity contribution is 5.79. The third-order valence-corrected chi connectivity index (χ3v) is 7.39. The lowest BCUT2D eigenvalue weighted by molar-refractivity contribution is -0.703.